The van der Waals surface area contributed by atoms with Gasteiger partial charge in [0.1, 0.15) is 4.90 Å². The zero-order chi connectivity index (χ0) is 12.6. The third-order valence-corrected chi connectivity index (χ3v) is 3.26. The van der Waals surface area contributed by atoms with Crippen LogP contribution in [0.15, 0.2) is 17.2 Å². The minimum atomic E-state index is -3.74. The van der Waals surface area contributed by atoms with Crippen LogP contribution in [0.2, 0.25) is 0 Å². The molecule has 2 rings (SSSR count). The highest BCUT2D eigenvalue weighted by Gasteiger charge is 2.26. The molecule has 0 atom stereocenters. The van der Waals surface area contributed by atoms with E-state index < -0.39 is 10.0 Å². The van der Waals surface area contributed by atoms with Gasteiger partial charge in [-0.15, -0.1) is 0 Å². The van der Waals surface area contributed by atoms with Crippen LogP contribution in [0.1, 0.15) is 12.8 Å². The van der Waals surface area contributed by atoms with E-state index in [9.17, 15) is 8.42 Å². The maximum absolute atomic E-state index is 11.2. The average Bonchev–Trinajstić information content (AvgIpc) is 2.99. The maximum atomic E-state index is 11.2. The van der Waals surface area contributed by atoms with Crippen LogP contribution in [0.5, 0.6) is 5.75 Å². The molecule has 0 unspecified atom stereocenters. The zero-order valence-electron chi connectivity index (χ0n) is 9.75. The van der Waals surface area contributed by atoms with Gasteiger partial charge in [0.05, 0.1) is 6.10 Å². The van der Waals surface area contributed by atoms with Crippen LogP contribution in [-0.4, -0.2) is 33.6 Å². The molecule has 7 heteroatoms. The molecule has 1 heterocycles. The van der Waals surface area contributed by atoms with Crippen molar-refractivity contribution in [2.24, 2.45) is 5.14 Å². The van der Waals surface area contributed by atoms with Gasteiger partial charge in [0, 0.05) is 26.4 Å². The monoisotopic (exact) mass is 257 g/mol. The Morgan fingerprint density at radius 2 is 2.12 bits per heavy atom. The van der Waals surface area contributed by atoms with Crippen molar-refractivity contribution < 1.29 is 13.2 Å². The SMILES string of the molecule is CN(C)c1ncc(S(N)(=O)=O)cc1OC1CC1. The first-order chi connectivity index (χ1) is 7.88. The van der Waals surface area contributed by atoms with E-state index >= 15 is 0 Å². The summed E-state index contributed by atoms with van der Waals surface area (Å²) in [6.45, 7) is 0. The second kappa shape index (κ2) is 4.15. The standard InChI is InChI=1S/C10H15N3O3S/c1-13(2)10-9(16-7-3-4-7)5-8(6-12-10)17(11,14)15/h5-7H,3-4H2,1-2H3,(H2,11,14,15). The number of ether oxygens (including phenoxy) is 1. The van der Waals surface area contributed by atoms with Crippen molar-refractivity contribution in [1.82, 2.24) is 4.98 Å². The summed E-state index contributed by atoms with van der Waals surface area (Å²) in [5, 5.41) is 5.06. The average molecular weight is 257 g/mol. The van der Waals surface area contributed by atoms with Crippen molar-refractivity contribution in [1.29, 1.82) is 0 Å². The van der Waals surface area contributed by atoms with Crippen molar-refractivity contribution in [2.45, 2.75) is 23.8 Å². The fraction of sp³-hybridized carbons (Fsp3) is 0.500. The highest BCUT2D eigenvalue weighted by atomic mass is 32.2. The summed E-state index contributed by atoms with van der Waals surface area (Å²) in [4.78, 5) is 5.81. The molecule has 17 heavy (non-hydrogen) atoms. The molecule has 1 aliphatic carbocycles. The quantitative estimate of drug-likeness (QED) is 0.840. The number of hydrogen-bond donors (Lipinski definition) is 1. The van der Waals surface area contributed by atoms with Crippen molar-refractivity contribution in [3.05, 3.63) is 12.3 Å². The van der Waals surface area contributed by atoms with Gasteiger partial charge in [0.15, 0.2) is 11.6 Å². The number of aromatic nitrogens is 1. The van der Waals surface area contributed by atoms with Crippen molar-refractivity contribution in [3.63, 3.8) is 0 Å². The molecule has 0 aromatic carbocycles. The first-order valence-electron chi connectivity index (χ1n) is 5.25. The molecule has 0 saturated heterocycles. The number of nitrogens with zero attached hydrogens (tertiary/aromatic N) is 2. The van der Waals surface area contributed by atoms with Crippen molar-refractivity contribution in [3.8, 4) is 5.75 Å². The normalized spacial score (nSPS) is 15.7. The Bertz CT molecular complexity index is 524. The molecule has 0 bridgehead atoms. The highest BCUT2D eigenvalue weighted by molar-refractivity contribution is 7.89. The van der Waals surface area contributed by atoms with Gasteiger partial charge in [-0.25, -0.2) is 18.5 Å². The van der Waals surface area contributed by atoms with E-state index in [2.05, 4.69) is 4.98 Å². The Hall–Kier alpha value is -1.34. The molecular formula is C10H15N3O3S. The number of hydrogen-bond acceptors (Lipinski definition) is 5. The fourth-order valence-electron chi connectivity index (χ4n) is 1.36. The topological polar surface area (TPSA) is 85.5 Å². The smallest absolute Gasteiger partial charge is 0.239 e. The van der Waals surface area contributed by atoms with E-state index in [1.807, 2.05) is 14.1 Å². The summed E-state index contributed by atoms with van der Waals surface area (Å²) in [5.41, 5.74) is 0. The Balaban J connectivity index is 2.41. The number of pyridine rings is 1. The van der Waals surface area contributed by atoms with Gasteiger partial charge in [-0.2, -0.15) is 0 Å². The van der Waals surface area contributed by atoms with Gasteiger partial charge in [-0.1, -0.05) is 0 Å². The molecule has 2 N–H and O–H groups in total. The molecule has 94 valence electrons. The van der Waals surface area contributed by atoms with Crippen LogP contribution in [0.25, 0.3) is 0 Å². The molecule has 6 nitrogen and oxygen atoms in total. The fourth-order valence-corrected chi connectivity index (χ4v) is 1.83. The molecule has 0 amide bonds. The predicted octanol–water partition coefficient (Wildman–Crippen LogP) is 0.336. The lowest BCUT2D eigenvalue weighted by atomic mass is 10.4. The van der Waals surface area contributed by atoms with E-state index in [1.54, 1.807) is 4.90 Å². The molecule has 0 aliphatic heterocycles. The number of primary sulfonamides is 1. The molecule has 0 radical (unpaired) electrons. The van der Waals surface area contributed by atoms with E-state index in [4.69, 9.17) is 9.88 Å². The van der Waals surface area contributed by atoms with E-state index in [0.29, 0.717) is 11.6 Å². The zero-order valence-corrected chi connectivity index (χ0v) is 10.6. The molecule has 1 aromatic heterocycles. The first-order valence-corrected chi connectivity index (χ1v) is 6.79. The molecule has 1 aromatic rings. The predicted molar refractivity (Wildman–Crippen MR) is 63.6 cm³/mol. The summed E-state index contributed by atoms with van der Waals surface area (Å²) in [6.07, 6.45) is 3.40. The Labute approximate surface area is 100 Å². The van der Waals surface area contributed by atoms with E-state index in [-0.39, 0.29) is 11.0 Å². The van der Waals surface area contributed by atoms with Crippen molar-refractivity contribution in [2.75, 3.05) is 19.0 Å². The number of sulfonamides is 1. The van der Waals surface area contributed by atoms with E-state index in [1.165, 1.54) is 12.3 Å². The van der Waals surface area contributed by atoms with Gasteiger partial charge in [-0.3, -0.25) is 0 Å². The van der Waals surface area contributed by atoms with Crippen LogP contribution >= 0.6 is 0 Å². The van der Waals surface area contributed by atoms with Gasteiger partial charge in [0.25, 0.3) is 0 Å². The maximum Gasteiger partial charge on any atom is 0.239 e. The van der Waals surface area contributed by atoms with Crippen LogP contribution in [0.4, 0.5) is 5.82 Å². The van der Waals surface area contributed by atoms with Crippen LogP contribution < -0.4 is 14.8 Å². The highest BCUT2D eigenvalue weighted by Crippen LogP contribution is 2.33. The summed E-state index contributed by atoms with van der Waals surface area (Å²) in [7, 11) is -0.108. The van der Waals surface area contributed by atoms with Gasteiger partial charge in [0.2, 0.25) is 10.0 Å². The van der Waals surface area contributed by atoms with Crippen LogP contribution in [-0.2, 0) is 10.0 Å². The molecular weight excluding hydrogens is 242 g/mol. The minimum absolute atomic E-state index is 0.0289. The summed E-state index contributed by atoms with van der Waals surface area (Å²) in [6, 6.07) is 1.43. The second-order valence-corrected chi connectivity index (χ2v) is 5.81. The Morgan fingerprint density at radius 3 is 2.59 bits per heavy atom. The third-order valence-electron chi connectivity index (χ3n) is 2.38. The third kappa shape index (κ3) is 2.86. The van der Waals surface area contributed by atoms with Crippen LogP contribution in [0, 0.1) is 0 Å². The molecule has 1 fully saturated rings. The van der Waals surface area contributed by atoms with Crippen LogP contribution in [0.3, 0.4) is 0 Å². The van der Waals surface area contributed by atoms with Crippen molar-refractivity contribution >= 4 is 15.8 Å². The molecule has 0 spiro atoms. The lowest BCUT2D eigenvalue weighted by molar-refractivity contribution is 0.302. The first kappa shape index (κ1) is 12.1. The Kier molecular flexibility index (Phi) is 2.96. The summed E-state index contributed by atoms with van der Waals surface area (Å²) < 4.78 is 28.1. The molecule has 1 saturated carbocycles. The Morgan fingerprint density at radius 1 is 1.47 bits per heavy atom. The van der Waals surface area contributed by atoms with E-state index in [0.717, 1.165) is 12.8 Å². The molecule has 1 aliphatic rings. The summed E-state index contributed by atoms with van der Waals surface area (Å²) in [5.74, 6) is 1.06. The van der Waals surface area contributed by atoms with Gasteiger partial charge in [-0.05, 0) is 12.8 Å². The largest absolute Gasteiger partial charge is 0.487 e. The number of nitrogens with two attached hydrogens (primary N) is 1. The number of rotatable bonds is 4. The lowest BCUT2D eigenvalue weighted by Crippen LogP contribution is -2.16. The minimum Gasteiger partial charge on any atom is -0.487 e. The summed E-state index contributed by atoms with van der Waals surface area (Å²) >= 11 is 0. The van der Waals surface area contributed by atoms with Gasteiger partial charge < -0.3 is 9.64 Å². The lowest BCUT2D eigenvalue weighted by Gasteiger charge is -2.16. The second-order valence-electron chi connectivity index (χ2n) is 4.25. The van der Waals surface area contributed by atoms with Gasteiger partial charge >= 0.3 is 0 Å². The number of anilines is 1.